The number of carboxylic acid groups (broad SMARTS) is 1. The van der Waals surface area contributed by atoms with Crippen LogP contribution in [0.25, 0.3) is 22.3 Å². The number of aliphatic carboxylic acids is 1. The van der Waals surface area contributed by atoms with E-state index in [1.54, 1.807) is 0 Å². The summed E-state index contributed by atoms with van der Waals surface area (Å²) < 4.78 is 18.9. The second-order valence-electron chi connectivity index (χ2n) is 4.93. The number of esters is 1. The molecule has 0 aliphatic carbocycles. The summed E-state index contributed by atoms with van der Waals surface area (Å²) in [6.07, 6.45) is 1.11. The fourth-order valence-corrected chi connectivity index (χ4v) is 2.24. The Labute approximate surface area is 138 Å². The predicted molar refractivity (Wildman–Crippen MR) is 78.8 cm³/mol. The van der Waals surface area contributed by atoms with Crippen molar-refractivity contribution in [2.24, 2.45) is 0 Å². The van der Waals surface area contributed by atoms with Crippen molar-refractivity contribution in [2.45, 2.75) is 13.7 Å². The average molecular weight is 347 g/mol. The molecule has 0 aliphatic rings. The molecule has 2 N–H and O–H groups in total. The van der Waals surface area contributed by atoms with Gasteiger partial charge in [0.1, 0.15) is 5.82 Å². The van der Waals surface area contributed by atoms with Gasteiger partial charge in [-0.2, -0.15) is 0 Å². The van der Waals surface area contributed by atoms with Gasteiger partial charge in [0.05, 0.1) is 11.1 Å². The molecule has 0 bridgehead atoms. The number of halogens is 1. The Bertz CT molecular complexity index is 1010. The highest BCUT2D eigenvalue weighted by Crippen LogP contribution is 2.30. The molecular formula is C14H10FN5O5. The lowest BCUT2D eigenvalue weighted by atomic mass is 10.1. The molecule has 0 unspecified atom stereocenters. The highest BCUT2D eigenvalue weighted by molar-refractivity contribution is 6.42. The number of ether oxygens (including phenoxy) is 1. The molecule has 2 aromatic heterocycles. The summed E-state index contributed by atoms with van der Waals surface area (Å²) in [6, 6.07) is 2.42. The monoisotopic (exact) mass is 347 g/mol. The Balaban J connectivity index is 2.06. The van der Waals surface area contributed by atoms with Crippen LogP contribution in [0.15, 0.2) is 18.3 Å². The molecule has 1 aromatic carbocycles. The van der Waals surface area contributed by atoms with Crippen LogP contribution in [-0.2, 0) is 21.1 Å². The number of fused-ring (bicyclic) bond motifs is 1. The maximum absolute atomic E-state index is 14.1. The first-order valence-electron chi connectivity index (χ1n) is 6.87. The van der Waals surface area contributed by atoms with Crippen LogP contribution in [0.2, 0.25) is 0 Å². The highest BCUT2D eigenvalue weighted by atomic mass is 19.1. The van der Waals surface area contributed by atoms with E-state index in [1.165, 1.54) is 13.0 Å². The van der Waals surface area contributed by atoms with Crippen LogP contribution in [0.1, 0.15) is 17.3 Å². The molecule has 2 heterocycles. The molecule has 0 atom stereocenters. The SMILES string of the molecule is CC(=O)OCn1nnc(-c2ccc(F)c3c(C(=O)C(=O)O)c[nH]c23)n1. The van der Waals surface area contributed by atoms with Gasteiger partial charge in [-0.05, 0) is 17.3 Å². The number of benzene rings is 1. The number of tetrazole rings is 1. The fourth-order valence-electron chi connectivity index (χ4n) is 2.24. The molecule has 0 radical (unpaired) electrons. The maximum atomic E-state index is 14.1. The minimum atomic E-state index is -1.70. The first-order chi connectivity index (χ1) is 11.9. The van der Waals surface area contributed by atoms with Crippen LogP contribution < -0.4 is 0 Å². The first-order valence-corrected chi connectivity index (χ1v) is 6.87. The first kappa shape index (κ1) is 16.2. The Hall–Kier alpha value is -3.63. The lowest BCUT2D eigenvalue weighted by Gasteiger charge is -2.01. The zero-order valence-corrected chi connectivity index (χ0v) is 12.7. The van der Waals surface area contributed by atoms with Crippen molar-refractivity contribution in [2.75, 3.05) is 0 Å². The van der Waals surface area contributed by atoms with Gasteiger partial charge in [-0.1, -0.05) is 0 Å². The van der Waals surface area contributed by atoms with Crippen molar-refractivity contribution in [3.8, 4) is 11.4 Å². The molecule has 3 rings (SSSR count). The Morgan fingerprint density at radius 1 is 1.36 bits per heavy atom. The van der Waals surface area contributed by atoms with Gasteiger partial charge < -0.3 is 14.8 Å². The van der Waals surface area contributed by atoms with E-state index in [-0.39, 0.29) is 29.0 Å². The summed E-state index contributed by atoms with van der Waals surface area (Å²) in [5.41, 5.74) is 0.140. The van der Waals surface area contributed by atoms with Crippen LogP contribution in [0, 0.1) is 5.82 Å². The molecule has 0 saturated heterocycles. The minimum Gasteiger partial charge on any atom is -0.475 e. The summed E-state index contributed by atoms with van der Waals surface area (Å²) in [4.78, 5) is 37.0. The van der Waals surface area contributed by atoms with E-state index in [4.69, 9.17) is 9.84 Å². The number of hydrogen-bond donors (Lipinski definition) is 2. The van der Waals surface area contributed by atoms with E-state index in [9.17, 15) is 18.8 Å². The van der Waals surface area contributed by atoms with E-state index in [1.807, 2.05) is 0 Å². The molecule has 0 spiro atoms. The van der Waals surface area contributed by atoms with Gasteiger partial charge in [0.15, 0.2) is 0 Å². The number of ketones is 1. The molecule has 0 aliphatic heterocycles. The highest BCUT2D eigenvalue weighted by Gasteiger charge is 2.23. The number of H-pyrrole nitrogens is 1. The van der Waals surface area contributed by atoms with Crippen molar-refractivity contribution in [3.63, 3.8) is 0 Å². The molecule has 0 saturated carbocycles. The predicted octanol–water partition coefficient (Wildman–Crippen LogP) is 0.748. The standard InChI is InChI=1S/C14H10FN5O5/c1-6(21)25-5-20-18-13(17-19-20)7-2-3-9(15)10-8(4-16-11(7)10)12(22)14(23)24/h2-4,16H,5H2,1H3,(H,23,24). The van der Waals surface area contributed by atoms with Gasteiger partial charge in [-0.3, -0.25) is 9.59 Å². The van der Waals surface area contributed by atoms with Gasteiger partial charge in [-0.15, -0.1) is 15.0 Å². The van der Waals surface area contributed by atoms with E-state index in [0.29, 0.717) is 5.56 Å². The summed E-state index contributed by atoms with van der Waals surface area (Å²) in [6.45, 7) is 0.974. The van der Waals surface area contributed by atoms with E-state index < -0.39 is 23.5 Å². The number of carboxylic acids is 1. The number of carbonyl (C=O) groups excluding carboxylic acids is 2. The molecule has 0 amide bonds. The number of hydrogen-bond acceptors (Lipinski definition) is 7. The number of Topliss-reactive ketones (excluding diaryl/α,β-unsaturated/α-hetero) is 1. The molecule has 10 nitrogen and oxygen atoms in total. The van der Waals surface area contributed by atoms with Crippen molar-refractivity contribution in [1.29, 1.82) is 0 Å². The third-order valence-corrected chi connectivity index (χ3v) is 3.30. The summed E-state index contributed by atoms with van der Waals surface area (Å²) in [5.74, 6) is -4.15. The molecule has 25 heavy (non-hydrogen) atoms. The zero-order valence-electron chi connectivity index (χ0n) is 12.7. The number of nitrogens with zero attached hydrogens (tertiary/aromatic N) is 4. The maximum Gasteiger partial charge on any atom is 0.377 e. The number of carbonyl (C=O) groups is 3. The van der Waals surface area contributed by atoms with E-state index in [2.05, 4.69) is 20.4 Å². The van der Waals surface area contributed by atoms with Crippen LogP contribution >= 0.6 is 0 Å². The van der Waals surface area contributed by atoms with Crippen LogP contribution in [0.5, 0.6) is 0 Å². The summed E-state index contributed by atoms with van der Waals surface area (Å²) in [7, 11) is 0. The van der Waals surface area contributed by atoms with Crippen molar-refractivity contribution < 1.29 is 28.6 Å². The number of aromatic nitrogens is 5. The molecule has 11 heteroatoms. The van der Waals surface area contributed by atoms with Crippen LogP contribution in [0.4, 0.5) is 4.39 Å². The molecule has 0 fully saturated rings. The van der Waals surface area contributed by atoms with Gasteiger partial charge in [0, 0.05) is 24.1 Å². The Morgan fingerprint density at radius 3 is 2.80 bits per heavy atom. The minimum absolute atomic E-state index is 0.0772. The lowest BCUT2D eigenvalue weighted by molar-refractivity contribution is -0.145. The van der Waals surface area contributed by atoms with Gasteiger partial charge in [0.2, 0.25) is 12.6 Å². The fraction of sp³-hybridized carbons (Fsp3) is 0.143. The summed E-state index contributed by atoms with van der Waals surface area (Å²) >= 11 is 0. The van der Waals surface area contributed by atoms with Crippen molar-refractivity contribution >= 4 is 28.6 Å². The largest absolute Gasteiger partial charge is 0.475 e. The van der Waals surface area contributed by atoms with Gasteiger partial charge >= 0.3 is 11.9 Å². The second kappa shape index (κ2) is 6.11. The zero-order chi connectivity index (χ0) is 18.1. The van der Waals surface area contributed by atoms with Crippen molar-refractivity contribution in [1.82, 2.24) is 25.2 Å². The smallest absolute Gasteiger partial charge is 0.377 e. The second-order valence-corrected chi connectivity index (χ2v) is 4.93. The van der Waals surface area contributed by atoms with Crippen LogP contribution in [-0.4, -0.2) is 48.0 Å². The number of rotatable bonds is 5. The normalized spacial score (nSPS) is 10.8. The molecular weight excluding hydrogens is 337 g/mol. The Morgan fingerprint density at radius 2 is 2.12 bits per heavy atom. The van der Waals surface area contributed by atoms with E-state index >= 15 is 0 Å². The quantitative estimate of drug-likeness (QED) is 0.391. The molecule has 3 aromatic rings. The number of aromatic amines is 1. The number of nitrogens with one attached hydrogen (secondary N) is 1. The third-order valence-electron chi connectivity index (χ3n) is 3.30. The van der Waals surface area contributed by atoms with Gasteiger partial charge in [-0.25, -0.2) is 9.18 Å². The summed E-state index contributed by atoms with van der Waals surface area (Å²) in [5, 5.41) is 20.1. The topological polar surface area (TPSA) is 140 Å². The third kappa shape index (κ3) is 2.94. The Kier molecular flexibility index (Phi) is 3.97. The molecule has 128 valence electrons. The van der Waals surface area contributed by atoms with Crippen LogP contribution in [0.3, 0.4) is 0 Å². The van der Waals surface area contributed by atoms with Crippen molar-refractivity contribution in [3.05, 3.63) is 29.7 Å². The van der Waals surface area contributed by atoms with Gasteiger partial charge in [0.25, 0.3) is 5.78 Å². The lowest BCUT2D eigenvalue weighted by Crippen LogP contribution is -2.12. The van der Waals surface area contributed by atoms with E-state index in [0.717, 1.165) is 17.1 Å². The average Bonchev–Trinajstić information content (AvgIpc) is 3.20.